The lowest BCUT2D eigenvalue weighted by atomic mass is 10.0. The number of unbranched alkanes of at least 4 members (excludes halogenated alkanes) is 16. The lowest BCUT2D eigenvalue weighted by Gasteiger charge is -2.04. The van der Waals surface area contributed by atoms with Crippen molar-refractivity contribution in [2.75, 3.05) is 0 Å². The van der Waals surface area contributed by atoms with E-state index in [1.807, 2.05) is 30.3 Å². The molecule has 0 amide bonds. The van der Waals surface area contributed by atoms with Gasteiger partial charge < -0.3 is 0 Å². The predicted molar refractivity (Wildman–Crippen MR) is 120 cm³/mol. The Balaban J connectivity index is 1.75. The molecule has 1 aromatic rings. The molecule has 0 spiro atoms. The van der Waals surface area contributed by atoms with Gasteiger partial charge in [-0.2, -0.15) is 0 Å². The fraction of sp³-hybridized carbons (Fsp3) is 0.731. The maximum absolute atomic E-state index is 12.0. The quantitative estimate of drug-likeness (QED) is 0.175. The number of hydrogen-bond acceptors (Lipinski definition) is 1. The van der Waals surface area contributed by atoms with Crippen LogP contribution in [0.5, 0.6) is 0 Å². The molecule has 0 aliphatic heterocycles. The fourth-order valence-corrected chi connectivity index (χ4v) is 3.78. The number of benzene rings is 1. The molecule has 1 nitrogen and oxygen atoms in total. The van der Waals surface area contributed by atoms with Crippen LogP contribution in [0, 0.1) is 0 Å². The summed E-state index contributed by atoms with van der Waals surface area (Å²) in [7, 11) is 0. The minimum absolute atomic E-state index is 0.302. The number of ketones is 1. The molecule has 0 saturated heterocycles. The summed E-state index contributed by atoms with van der Waals surface area (Å²) in [5.74, 6) is 0.302. The van der Waals surface area contributed by atoms with E-state index in [4.69, 9.17) is 0 Å². The third kappa shape index (κ3) is 14.6. The Hall–Kier alpha value is -1.11. The standard InChI is InChI=1S/C26H44O/c1-2-3-4-5-6-7-8-9-10-11-12-13-14-15-16-17-21-24-26(27)25-22-19-18-20-23-25/h18-20,22-23H,2-17,21,24H2,1H3. The molecular formula is C26H44O. The van der Waals surface area contributed by atoms with E-state index in [-0.39, 0.29) is 0 Å². The van der Waals surface area contributed by atoms with Crippen LogP contribution in [0.1, 0.15) is 133 Å². The molecule has 0 saturated carbocycles. The van der Waals surface area contributed by atoms with Crippen molar-refractivity contribution in [3.8, 4) is 0 Å². The van der Waals surface area contributed by atoms with Crippen molar-refractivity contribution in [1.29, 1.82) is 0 Å². The summed E-state index contributed by atoms with van der Waals surface area (Å²) in [6.07, 6.45) is 24.2. The minimum atomic E-state index is 0.302. The Kier molecular flexibility index (Phi) is 16.2. The van der Waals surface area contributed by atoms with Crippen molar-refractivity contribution >= 4 is 5.78 Å². The molecule has 0 fully saturated rings. The van der Waals surface area contributed by atoms with Crippen LogP contribution in [-0.2, 0) is 0 Å². The van der Waals surface area contributed by atoms with E-state index >= 15 is 0 Å². The van der Waals surface area contributed by atoms with Gasteiger partial charge in [-0.1, -0.05) is 140 Å². The zero-order chi connectivity index (χ0) is 19.4. The summed E-state index contributed by atoms with van der Waals surface area (Å²) in [4.78, 5) is 12.0. The normalized spacial score (nSPS) is 11.0. The second-order valence-corrected chi connectivity index (χ2v) is 8.20. The summed E-state index contributed by atoms with van der Waals surface area (Å²) in [5, 5.41) is 0. The lowest BCUT2D eigenvalue weighted by Crippen LogP contribution is -1.98. The van der Waals surface area contributed by atoms with Crippen LogP contribution in [0.3, 0.4) is 0 Å². The Morgan fingerprint density at radius 2 is 0.926 bits per heavy atom. The molecule has 1 heteroatoms. The number of carbonyl (C=O) groups excluding carboxylic acids is 1. The Morgan fingerprint density at radius 3 is 1.33 bits per heavy atom. The molecule has 0 heterocycles. The third-order valence-electron chi connectivity index (χ3n) is 5.60. The van der Waals surface area contributed by atoms with Crippen molar-refractivity contribution in [2.45, 2.75) is 122 Å². The first-order valence-corrected chi connectivity index (χ1v) is 11.9. The molecule has 0 aliphatic carbocycles. The molecule has 154 valence electrons. The highest BCUT2D eigenvalue weighted by Crippen LogP contribution is 2.15. The zero-order valence-corrected chi connectivity index (χ0v) is 18.0. The van der Waals surface area contributed by atoms with E-state index in [1.54, 1.807) is 0 Å². The van der Waals surface area contributed by atoms with Crippen molar-refractivity contribution in [1.82, 2.24) is 0 Å². The maximum atomic E-state index is 12.0. The SMILES string of the molecule is CCCCCCCCCCCCCCCCCCCC(=O)c1ccccc1. The fourth-order valence-electron chi connectivity index (χ4n) is 3.78. The molecule has 1 rings (SSSR count). The van der Waals surface area contributed by atoms with Gasteiger partial charge in [0.1, 0.15) is 0 Å². The third-order valence-corrected chi connectivity index (χ3v) is 5.60. The number of hydrogen-bond donors (Lipinski definition) is 0. The predicted octanol–water partition coefficient (Wildman–Crippen LogP) is 8.91. The second-order valence-electron chi connectivity index (χ2n) is 8.20. The maximum Gasteiger partial charge on any atom is 0.162 e. The first-order chi connectivity index (χ1) is 13.3. The van der Waals surface area contributed by atoms with Gasteiger partial charge in [0.2, 0.25) is 0 Å². The smallest absolute Gasteiger partial charge is 0.162 e. The number of rotatable bonds is 19. The van der Waals surface area contributed by atoms with Crippen LogP contribution in [-0.4, -0.2) is 5.78 Å². The first-order valence-electron chi connectivity index (χ1n) is 11.9. The molecule has 0 radical (unpaired) electrons. The Labute approximate surface area is 169 Å². The Bertz CT molecular complexity index is 437. The average Bonchev–Trinajstić information content (AvgIpc) is 2.70. The summed E-state index contributed by atoms with van der Waals surface area (Å²) >= 11 is 0. The highest BCUT2D eigenvalue weighted by Gasteiger charge is 2.03. The van der Waals surface area contributed by atoms with Crippen LogP contribution in [0.15, 0.2) is 30.3 Å². The molecule has 0 aromatic heterocycles. The molecule has 27 heavy (non-hydrogen) atoms. The highest BCUT2D eigenvalue weighted by atomic mass is 16.1. The van der Waals surface area contributed by atoms with E-state index in [9.17, 15) is 4.79 Å². The van der Waals surface area contributed by atoms with Gasteiger partial charge in [0.25, 0.3) is 0 Å². The van der Waals surface area contributed by atoms with E-state index in [2.05, 4.69) is 6.92 Å². The highest BCUT2D eigenvalue weighted by molar-refractivity contribution is 5.95. The van der Waals surface area contributed by atoms with Crippen molar-refractivity contribution in [3.05, 3.63) is 35.9 Å². The van der Waals surface area contributed by atoms with Gasteiger partial charge in [-0.05, 0) is 6.42 Å². The average molecular weight is 373 g/mol. The van der Waals surface area contributed by atoms with Gasteiger partial charge in [-0.3, -0.25) is 4.79 Å². The van der Waals surface area contributed by atoms with Crippen LogP contribution in [0.4, 0.5) is 0 Å². The summed E-state index contributed by atoms with van der Waals surface area (Å²) in [5.41, 5.74) is 0.869. The lowest BCUT2D eigenvalue weighted by molar-refractivity contribution is 0.0979. The molecule has 0 bridgehead atoms. The first kappa shape index (κ1) is 23.9. The van der Waals surface area contributed by atoms with Crippen molar-refractivity contribution in [3.63, 3.8) is 0 Å². The van der Waals surface area contributed by atoms with Gasteiger partial charge in [0.05, 0.1) is 0 Å². The van der Waals surface area contributed by atoms with Gasteiger partial charge >= 0.3 is 0 Å². The molecule has 1 aromatic carbocycles. The van der Waals surface area contributed by atoms with E-state index < -0.39 is 0 Å². The largest absolute Gasteiger partial charge is 0.294 e. The van der Waals surface area contributed by atoms with Crippen LogP contribution in [0.2, 0.25) is 0 Å². The summed E-state index contributed by atoms with van der Waals surface area (Å²) in [6, 6.07) is 9.71. The molecule has 0 atom stereocenters. The second kappa shape index (κ2) is 18.3. The number of carbonyl (C=O) groups is 1. The summed E-state index contributed by atoms with van der Waals surface area (Å²) < 4.78 is 0. The summed E-state index contributed by atoms with van der Waals surface area (Å²) in [6.45, 7) is 2.29. The van der Waals surface area contributed by atoms with Gasteiger partial charge in [-0.25, -0.2) is 0 Å². The van der Waals surface area contributed by atoms with Crippen LogP contribution < -0.4 is 0 Å². The van der Waals surface area contributed by atoms with E-state index in [1.165, 1.54) is 103 Å². The minimum Gasteiger partial charge on any atom is -0.294 e. The van der Waals surface area contributed by atoms with Gasteiger partial charge in [0, 0.05) is 12.0 Å². The van der Waals surface area contributed by atoms with Crippen LogP contribution in [0.25, 0.3) is 0 Å². The molecule has 0 unspecified atom stereocenters. The van der Waals surface area contributed by atoms with E-state index in [0.717, 1.165) is 12.0 Å². The van der Waals surface area contributed by atoms with Crippen molar-refractivity contribution in [2.24, 2.45) is 0 Å². The monoisotopic (exact) mass is 372 g/mol. The topological polar surface area (TPSA) is 17.1 Å². The van der Waals surface area contributed by atoms with Gasteiger partial charge in [0.15, 0.2) is 5.78 Å². The molecule has 0 aliphatic rings. The van der Waals surface area contributed by atoms with Crippen molar-refractivity contribution < 1.29 is 4.79 Å². The number of Topliss-reactive ketones (excluding diaryl/α,β-unsaturated/α-hetero) is 1. The van der Waals surface area contributed by atoms with Crippen LogP contribution >= 0.6 is 0 Å². The van der Waals surface area contributed by atoms with Gasteiger partial charge in [-0.15, -0.1) is 0 Å². The molecule has 0 N–H and O–H groups in total. The Morgan fingerprint density at radius 1 is 0.556 bits per heavy atom. The molecular weight excluding hydrogens is 328 g/mol. The van der Waals surface area contributed by atoms with E-state index in [0.29, 0.717) is 12.2 Å². The zero-order valence-electron chi connectivity index (χ0n) is 18.0.